The maximum absolute atomic E-state index is 12.8. The fourth-order valence-corrected chi connectivity index (χ4v) is 4.77. The number of rotatable bonds is 4. The van der Waals surface area contributed by atoms with E-state index >= 15 is 0 Å². The molecule has 0 aliphatic carbocycles. The van der Waals surface area contributed by atoms with Crippen LogP contribution in [-0.2, 0) is 16.0 Å². The molecular formula is C18H23BrN2O5. The summed E-state index contributed by atoms with van der Waals surface area (Å²) < 4.78 is 16.9. The van der Waals surface area contributed by atoms with Crippen molar-refractivity contribution in [3.63, 3.8) is 0 Å². The minimum Gasteiger partial charge on any atom is -0.496 e. The predicted octanol–water partition coefficient (Wildman–Crippen LogP) is 1.68. The molecule has 2 aliphatic heterocycles. The summed E-state index contributed by atoms with van der Waals surface area (Å²) >= 11 is 3.52. The van der Waals surface area contributed by atoms with Crippen LogP contribution in [0.4, 0.5) is 0 Å². The Labute approximate surface area is 161 Å². The molecule has 0 spiro atoms. The minimum absolute atomic E-state index is 0.0595. The number of amides is 2. The Morgan fingerprint density at radius 2 is 1.69 bits per heavy atom. The predicted molar refractivity (Wildman–Crippen MR) is 99.3 cm³/mol. The number of halogens is 1. The fourth-order valence-electron chi connectivity index (χ4n) is 4.13. The van der Waals surface area contributed by atoms with E-state index in [1.54, 1.807) is 33.3 Å². The highest BCUT2D eigenvalue weighted by Crippen LogP contribution is 2.51. The van der Waals surface area contributed by atoms with E-state index in [1.165, 1.54) is 4.90 Å². The molecule has 8 heteroatoms. The molecule has 0 bridgehead atoms. The lowest BCUT2D eigenvalue weighted by atomic mass is 9.84. The van der Waals surface area contributed by atoms with E-state index < -0.39 is 6.04 Å². The first-order chi connectivity index (χ1) is 12.4. The zero-order valence-corrected chi connectivity index (χ0v) is 17.2. The van der Waals surface area contributed by atoms with Crippen molar-refractivity contribution in [3.8, 4) is 17.2 Å². The van der Waals surface area contributed by atoms with Crippen molar-refractivity contribution in [2.75, 3.05) is 40.3 Å². The van der Waals surface area contributed by atoms with E-state index in [0.717, 1.165) is 16.7 Å². The number of nitrogens with zero attached hydrogens (tertiary/aromatic N) is 2. The second kappa shape index (κ2) is 6.98. The summed E-state index contributed by atoms with van der Waals surface area (Å²) in [6, 6.07) is -0.880. The zero-order valence-electron chi connectivity index (χ0n) is 15.6. The lowest BCUT2D eigenvalue weighted by Gasteiger charge is -2.47. The van der Waals surface area contributed by atoms with Crippen molar-refractivity contribution in [2.45, 2.75) is 25.4 Å². The number of hydrogen-bond donors (Lipinski definition) is 0. The fraction of sp³-hybridized carbons (Fsp3) is 0.556. The highest BCUT2D eigenvalue weighted by molar-refractivity contribution is 9.09. The van der Waals surface area contributed by atoms with Gasteiger partial charge in [0.25, 0.3) is 0 Å². The molecular weight excluding hydrogens is 404 g/mol. The number of benzene rings is 1. The van der Waals surface area contributed by atoms with Gasteiger partial charge in [-0.3, -0.25) is 9.59 Å². The average molecular weight is 427 g/mol. The smallest absolute Gasteiger partial charge is 0.245 e. The molecule has 2 heterocycles. The van der Waals surface area contributed by atoms with E-state index in [2.05, 4.69) is 15.9 Å². The molecule has 3 rings (SSSR count). The van der Waals surface area contributed by atoms with Gasteiger partial charge >= 0.3 is 0 Å². The molecule has 0 unspecified atom stereocenters. The Balaban J connectivity index is 2.31. The standard InChI is InChI=1S/C18H23BrN2O5/c1-9-15(24-3)10-6-11-18(23)20(2)8-13(22)21(11)12(7-19)14(10)17(26-5)16(9)25-4/h11-12H,6-8H2,1-5H3/t11-,12+/m0/s1. The second-order valence-corrected chi connectivity index (χ2v) is 7.15. The van der Waals surface area contributed by atoms with Gasteiger partial charge in [-0.2, -0.15) is 0 Å². The first-order valence-electron chi connectivity index (χ1n) is 8.34. The summed E-state index contributed by atoms with van der Waals surface area (Å²) in [5.41, 5.74) is 2.55. The van der Waals surface area contributed by atoms with Crippen LogP contribution >= 0.6 is 15.9 Å². The summed E-state index contributed by atoms with van der Waals surface area (Å²) in [7, 11) is 6.42. The summed E-state index contributed by atoms with van der Waals surface area (Å²) in [6.07, 6.45) is 0.387. The normalized spacial score (nSPS) is 22.1. The molecule has 0 N–H and O–H groups in total. The second-order valence-electron chi connectivity index (χ2n) is 6.50. The summed E-state index contributed by atoms with van der Waals surface area (Å²) in [6.45, 7) is 1.98. The van der Waals surface area contributed by atoms with Gasteiger partial charge in [0.15, 0.2) is 11.5 Å². The Hall–Kier alpha value is -1.96. The molecule has 1 aromatic rings. The van der Waals surface area contributed by atoms with E-state index in [4.69, 9.17) is 14.2 Å². The molecule has 1 saturated heterocycles. The third-order valence-corrected chi connectivity index (χ3v) is 5.83. The quantitative estimate of drug-likeness (QED) is 0.685. The van der Waals surface area contributed by atoms with Gasteiger partial charge in [-0.05, 0) is 6.92 Å². The van der Waals surface area contributed by atoms with Gasteiger partial charge in [-0.1, -0.05) is 15.9 Å². The maximum Gasteiger partial charge on any atom is 0.245 e. The van der Waals surface area contributed by atoms with E-state index in [9.17, 15) is 9.59 Å². The van der Waals surface area contributed by atoms with Crippen LogP contribution in [0.25, 0.3) is 0 Å². The van der Waals surface area contributed by atoms with Gasteiger partial charge in [0.1, 0.15) is 11.8 Å². The van der Waals surface area contributed by atoms with Crippen LogP contribution < -0.4 is 14.2 Å². The van der Waals surface area contributed by atoms with Gasteiger partial charge in [0, 0.05) is 35.5 Å². The lowest BCUT2D eigenvalue weighted by Crippen LogP contribution is -2.62. The number of alkyl halides is 1. The van der Waals surface area contributed by atoms with Crippen LogP contribution in [-0.4, -0.2) is 67.9 Å². The van der Waals surface area contributed by atoms with Crippen LogP contribution in [0.2, 0.25) is 0 Å². The molecule has 0 aromatic heterocycles. The number of fused-ring (bicyclic) bond motifs is 2. The first-order valence-corrected chi connectivity index (χ1v) is 9.46. The van der Waals surface area contributed by atoms with Crippen LogP contribution in [0.1, 0.15) is 22.7 Å². The van der Waals surface area contributed by atoms with Gasteiger partial charge in [-0.15, -0.1) is 0 Å². The Bertz CT molecular complexity index is 767. The largest absolute Gasteiger partial charge is 0.496 e. The molecule has 1 aromatic carbocycles. The van der Waals surface area contributed by atoms with Gasteiger partial charge in [-0.25, -0.2) is 0 Å². The average Bonchev–Trinajstić information content (AvgIpc) is 2.63. The number of ether oxygens (including phenoxy) is 3. The molecule has 2 atom stereocenters. The van der Waals surface area contributed by atoms with Gasteiger partial charge < -0.3 is 24.0 Å². The molecule has 142 valence electrons. The van der Waals surface area contributed by atoms with Crippen molar-refractivity contribution in [1.29, 1.82) is 0 Å². The Morgan fingerprint density at radius 1 is 1.08 bits per heavy atom. The lowest BCUT2D eigenvalue weighted by molar-refractivity contribution is -0.157. The minimum atomic E-state index is -0.539. The zero-order chi connectivity index (χ0) is 19.2. The number of carbonyl (C=O) groups excluding carboxylic acids is 2. The number of hydrogen-bond acceptors (Lipinski definition) is 5. The Kier molecular flexibility index (Phi) is 5.05. The molecule has 0 radical (unpaired) electrons. The number of methoxy groups -OCH3 is 3. The van der Waals surface area contributed by atoms with Gasteiger partial charge in [0.2, 0.25) is 11.8 Å². The van der Waals surface area contributed by atoms with Crippen molar-refractivity contribution in [3.05, 3.63) is 16.7 Å². The third-order valence-electron chi connectivity index (χ3n) is 5.21. The van der Waals surface area contributed by atoms with Crippen LogP contribution in [0, 0.1) is 6.92 Å². The molecule has 7 nitrogen and oxygen atoms in total. The van der Waals surface area contributed by atoms with Crippen molar-refractivity contribution >= 4 is 27.7 Å². The summed E-state index contributed by atoms with van der Waals surface area (Å²) in [5.74, 6) is 1.71. The number of piperazine rings is 1. The monoisotopic (exact) mass is 426 g/mol. The number of likely N-dealkylation sites (N-methyl/N-ethyl adjacent to an activating group) is 1. The van der Waals surface area contributed by atoms with E-state index in [0.29, 0.717) is 29.0 Å². The molecule has 0 saturated carbocycles. The third kappa shape index (κ3) is 2.53. The molecule has 1 fully saturated rings. The maximum atomic E-state index is 12.8. The van der Waals surface area contributed by atoms with Crippen LogP contribution in [0.15, 0.2) is 0 Å². The molecule has 2 aliphatic rings. The molecule has 2 amide bonds. The highest BCUT2D eigenvalue weighted by atomic mass is 79.9. The van der Waals surface area contributed by atoms with Crippen LogP contribution in [0.3, 0.4) is 0 Å². The van der Waals surface area contributed by atoms with Crippen LogP contribution in [0.5, 0.6) is 17.2 Å². The van der Waals surface area contributed by atoms with Gasteiger partial charge in [0.05, 0.1) is 33.9 Å². The summed E-state index contributed by atoms with van der Waals surface area (Å²) in [4.78, 5) is 28.7. The van der Waals surface area contributed by atoms with E-state index in [-0.39, 0.29) is 24.4 Å². The topological polar surface area (TPSA) is 68.3 Å². The summed E-state index contributed by atoms with van der Waals surface area (Å²) in [5, 5.41) is 0.477. The highest BCUT2D eigenvalue weighted by Gasteiger charge is 2.48. The SMILES string of the molecule is COc1c(C)c(OC)c(OC)c2c1C[C@H]1C(=O)N(C)CC(=O)N1[C@@H]2CBr. The Morgan fingerprint density at radius 3 is 2.23 bits per heavy atom. The van der Waals surface area contributed by atoms with E-state index in [1.807, 2.05) is 6.92 Å². The number of carbonyl (C=O) groups is 2. The molecule has 26 heavy (non-hydrogen) atoms. The first kappa shape index (κ1) is 18.8. The van der Waals surface area contributed by atoms with Crippen molar-refractivity contribution in [2.24, 2.45) is 0 Å². The van der Waals surface area contributed by atoms with Crippen molar-refractivity contribution in [1.82, 2.24) is 9.80 Å². The van der Waals surface area contributed by atoms with Crippen molar-refractivity contribution < 1.29 is 23.8 Å².